The van der Waals surface area contributed by atoms with Crippen LogP contribution in [-0.4, -0.2) is 16.4 Å². The molecule has 0 bridgehead atoms. The summed E-state index contributed by atoms with van der Waals surface area (Å²) in [4.78, 5) is 22.8. The molecule has 6 nitrogen and oxygen atoms in total. The normalized spacial score (nSPS) is 17.4. The second-order valence-corrected chi connectivity index (χ2v) is 5.61. The lowest BCUT2D eigenvalue weighted by molar-refractivity contribution is -0.385. The fraction of sp³-hybridized carbons (Fsp3) is 0.500. The third kappa shape index (κ3) is 3.07. The Bertz CT molecular complexity index is 536. The molecule has 1 aromatic carbocycles. The van der Waals surface area contributed by atoms with E-state index in [4.69, 9.17) is 5.73 Å². The minimum absolute atomic E-state index is 0.0294. The maximum atomic E-state index is 12.3. The first-order valence-electron chi connectivity index (χ1n) is 6.78. The Morgan fingerprint density at radius 2 is 2.00 bits per heavy atom. The van der Waals surface area contributed by atoms with Crippen LogP contribution < -0.4 is 11.1 Å². The molecule has 2 rings (SSSR count). The van der Waals surface area contributed by atoms with Crippen LogP contribution in [0, 0.1) is 10.1 Å². The molecular weight excluding hydrogens is 258 g/mol. The molecular formula is C14H19N3O3. The van der Waals surface area contributed by atoms with Gasteiger partial charge in [-0.05, 0) is 31.9 Å². The van der Waals surface area contributed by atoms with Crippen molar-refractivity contribution in [2.75, 3.05) is 5.73 Å². The zero-order valence-corrected chi connectivity index (χ0v) is 11.5. The van der Waals surface area contributed by atoms with Crippen molar-refractivity contribution in [3.63, 3.8) is 0 Å². The average Bonchev–Trinajstić information content (AvgIpc) is 2.38. The Hall–Kier alpha value is -2.11. The Labute approximate surface area is 117 Å². The highest BCUT2D eigenvalue weighted by Crippen LogP contribution is 2.29. The van der Waals surface area contributed by atoms with E-state index in [2.05, 4.69) is 5.32 Å². The summed E-state index contributed by atoms with van der Waals surface area (Å²) < 4.78 is 0. The number of benzene rings is 1. The lowest BCUT2D eigenvalue weighted by atomic mass is 9.83. The van der Waals surface area contributed by atoms with Gasteiger partial charge in [-0.2, -0.15) is 0 Å². The van der Waals surface area contributed by atoms with Crippen LogP contribution in [0.3, 0.4) is 0 Å². The summed E-state index contributed by atoms with van der Waals surface area (Å²) >= 11 is 0. The molecule has 0 atom stereocenters. The van der Waals surface area contributed by atoms with E-state index in [-0.39, 0.29) is 16.8 Å². The number of nitrogens with one attached hydrogen (secondary N) is 1. The monoisotopic (exact) mass is 277 g/mol. The average molecular weight is 277 g/mol. The molecule has 0 saturated heterocycles. The van der Waals surface area contributed by atoms with E-state index in [0.29, 0.717) is 5.69 Å². The van der Waals surface area contributed by atoms with Gasteiger partial charge in [-0.25, -0.2) is 0 Å². The zero-order chi connectivity index (χ0) is 14.8. The van der Waals surface area contributed by atoms with Crippen LogP contribution in [0.25, 0.3) is 0 Å². The second-order valence-electron chi connectivity index (χ2n) is 5.61. The zero-order valence-electron chi connectivity index (χ0n) is 11.5. The van der Waals surface area contributed by atoms with E-state index in [1.54, 1.807) is 0 Å². The van der Waals surface area contributed by atoms with E-state index in [1.165, 1.54) is 24.6 Å². The van der Waals surface area contributed by atoms with Gasteiger partial charge in [0, 0.05) is 17.3 Å². The minimum atomic E-state index is -0.558. The third-order valence-electron chi connectivity index (χ3n) is 3.83. The fourth-order valence-electron chi connectivity index (χ4n) is 2.69. The summed E-state index contributed by atoms with van der Waals surface area (Å²) in [7, 11) is 0. The van der Waals surface area contributed by atoms with Crippen LogP contribution in [0.15, 0.2) is 18.2 Å². The van der Waals surface area contributed by atoms with Crippen molar-refractivity contribution < 1.29 is 9.72 Å². The third-order valence-corrected chi connectivity index (χ3v) is 3.83. The molecule has 1 amide bonds. The van der Waals surface area contributed by atoms with Crippen LogP contribution in [0.5, 0.6) is 0 Å². The Morgan fingerprint density at radius 1 is 1.35 bits per heavy atom. The molecule has 0 unspecified atom stereocenters. The fourth-order valence-corrected chi connectivity index (χ4v) is 2.69. The quantitative estimate of drug-likeness (QED) is 0.504. The predicted molar refractivity (Wildman–Crippen MR) is 76.5 cm³/mol. The molecule has 1 aliphatic rings. The first-order chi connectivity index (χ1) is 9.41. The molecule has 1 aromatic rings. The number of hydrogen-bond acceptors (Lipinski definition) is 4. The van der Waals surface area contributed by atoms with Gasteiger partial charge in [-0.15, -0.1) is 0 Å². The van der Waals surface area contributed by atoms with Gasteiger partial charge in [-0.3, -0.25) is 14.9 Å². The highest BCUT2D eigenvalue weighted by molar-refractivity contribution is 5.99. The van der Waals surface area contributed by atoms with E-state index in [9.17, 15) is 14.9 Å². The SMILES string of the molecule is CC1(NC(=O)c2cc(N)ccc2[N+](=O)[O-])CCCCC1. The number of anilines is 1. The maximum Gasteiger partial charge on any atom is 0.282 e. The molecule has 20 heavy (non-hydrogen) atoms. The van der Waals surface area contributed by atoms with Crippen molar-refractivity contribution in [1.29, 1.82) is 0 Å². The number of carbonyl (C=O) groups is 1. The number of nitrogen functional groups attached to an aromatic ring is 1. The summed E-state index contributed by atoms with van der Waals surface area (Å²) in [5.74, 6) is -0.423. The molecule has 0 aromatic heterocycles. The molecule has 0 spiro atoms. The first-order valence-corrected chi connectivity index (χ1v) is 6.78. The molecule has 1 aliphatic carbocycles. The topological polar surface area (TPSA) is 98.3 Å². The number of nitro groups is 1. The van der Waals surface area contributed by atoms with E-state index < -0.39 is 10.8 Å². The lowest BCUT2D eigenvalue weighted by Gasteiger charge is -2.34. The largest absolute Gasteiger partial charge is 0.399 e. The van der Waals surface area contributed by atoms with Gasteiger partial charge in [0.15, 0.2) is 0 Å². The summed E-state index contributed by atoms with van der Waals surface area (Å²) in [5.41, 5.74) is 5.50. The molecule has 0 aliphatic heterocycles. The van der Waals surface area contributed by atoms with Crippen molar-refractivity contribution in [2.24, 2.45) is 0 Å². The molecule has 6 heteroatoms. The van der Waals surface area contributed by atoms with Gasteiger partial charge in [-0.1, -0.05) is 19.3 Å². The Balaban J connectivity index is 2.24. The number of amides is 1. The number of nitrogens with two attached hydrogens (primary N) is 1. The van der Waals surface area contributed by atoms with Crippen molar-refractivity contribution in [1.82, 2.24) is 5.32 Å². The lowest BCUT2D eigenvalue weighted by Crippen LogP contribution is -2.47. The van der Waals surface area contributed by atoms with Crippen molar-refractivity contribution in [3.8, 4) is 0 Å². The van der Waals surface area contributed by atoms with Crippen molar-refractivity contribution in [3.05, 3.63) is 33.9 Å². The second kappa shape index (κ2) is 5.48. The van der Waals surface area contributed by atoms with Gasteiger partial charge < -0.3 is 11.1 Å². The number of hydrogen-bond donors (Lipinski definition) is 2. The van der Waals surface area contributed by atoms with Crippen molar-refractivity contribution >= 4 is 17.3 Å². The summed E-state index contributed by atoms with van der Waals surface area (Å²) in [5, 5.41) is 13.9. The standard InChI is InChI=1S/C14H19N3O3/c1-14(7-3-2-4-8-14)16-13(18)11-9-10(15)5-6-12(11)17(19)20/h5-6,9H,2-4,7-8,15H2,1H3,(H,16,18). The van der Waals surface area contributed by atoms with E-state index >= 15 is 0 Å². The first kappa shape index (κ1) is 14.3. The van der Waals surface area contributed by atoms with Crippen LogP contribution in [0.4, 0.5) is 11.4 Å². The number of nitrogens with zero attached hydrogens (tertiary/aromatic N) is 1. The molecule has 0 radical (unpaired) electrons. The van der Waals surface area contributed by atoms with Gasteiger partial charge in [0.25, 0.3) is 11.6 Å². The van der Waals surface area contributed by atoms with Gasteiger partial charge >= 0.3 is 0 Å². The number of nitro benzene ring substituents is 1. The van der Waals surface area contributed by atoms with E-state index in [0.717, 1.165) is 25.7 Å². The Morgan fingerprint density at radius 3 is 2.60 bits per heavy atom. The molecule has 108 valence electrons. The maximum absolute atomic E-state index is 12.3. The highest BCUT2D eigenvalue weighted by Gasteiger charge is 2.31. The van der Waals surface area contributed by atoms with Crippen LogP contribution in [0.2, 0.25) is 0 Å². The smallest absolute Gasteiger partial charge is 0.282 e. The summed E-state index contributed by atoms with van der Waals surface area (Å²) in [6, 6.07) is 4.06. The highest BCUT2D eigenvalue weighted by atomic mass is 16.6. The van der Waals surface area contributed by atoms with Gasteiger partial charge in [0.05, 0.1) is 4.92 Å². The van der Waals surface area contributed by atoms with Crippen LogP contribution >= 0.6 is 0 Å². The molecule has 1 saturated carbocycles. The Kier molecular flexibility index (Phi) is 3.92. The molecule has 0 heterocycles. The van der Waals surface area contributed by atoms with E-state index in [1.807, 2.05) is 6.92 Å². The minimum Gasteiger partial charge on any atom is -0.399 e. The van der Waals surface area contributed by atoms with Gasteiger partial charge in [0.2, 0.25) is 0 Å². The predicted octanol–water partition coefficient (Wildman–Crippen LogP) is 2.63. The summed E-state index contributed by atoms with van der Waals surface area (Å²) in [6.07, 6.45) is 5.10. The molecule has 1 fully saturated rings. The number of rotatable bonds is 3. The van der Waals surface area contributed by atoms with Crippen molar-refractivity contribution in [2.45, 2.75) is 44.6 Å². The van der Waals surface area contributed by atoms with Crippen LogP contribution in [-0.2, 0) is 0 Å². The summed E-state index contributed by atoms with van der Waals surface area (Å²) in [6.45, 7) is 1.99. The van der Waals surface area contributed by atoms with Gasteiger partial charge in [0.1, 0.15) is 5.56 Å². The van der Waals surface area contributed by atoms with Crippen LogP contribution in [0.1, 0.15) is 49.4 Å². The number of carbonyl (C=O) groups excluding carboxylic acids is 1. The molecule has 3 N–H and O–H groups in total.